The van der Waals surface area contributed by atoms with Gasteiger partial charge in [-0.15, -0.1) is 0 Å². The molecule has 2 amide bonds. The summed E-state index contributed by atoms with van der Waals surface area (Å²) in [6, 6.07) is 11.5. The van der Waals surface area contributed by atoms with Crippen LogP contribution in [-0.2, 0) is 4.79 Å². The van der Waals surface area contributed by atoms with Crippen LogP contribution < -0.4 is 4.74 Å². The van der Waals surface area contributed by atoms with Gasteiger partial charge in [-0.05, 0) is 42.5 Å². The Morgan fingerprint density at radius 3 is 2.64 bits per heavy atom. The summed E-state index contributed by atoms with van der Waals surface area (Å²) in [5, 5.41) is 9.40. The molecule has 1 heterocycles. The Bertz CT molecular complexity index is 974. The van der Waals surface area contributed by atoms with Crippen LogP contribution in [0.4, 0.5) is 4.79 Å². The number of phenolic OH excluding ortho intramolecular Hbond substituents is 1. The van der Waals surface area contributed by atoms with Gasteiger partial charge in [-0.3, -0.25) is 19.3 Å². The highest BCUT2D eigenvalue weighted by Crippen LogP contribution is 2.37. The molecule has 1 N–H and O–H groups in total. The zero-order valence-electron chi connectivity index (χ0n) is 14.8. The molecule has 0 bridgehead atoms. The number of Topliss-reactive ketones (excluding diaryl/α,β-unsaturated/α-hetero) is 1. The van der Waals surface area contributed by atoms with E-state index in [0.717, 1.165) is 16.7 Å². The summed E-state index contributed by atoms with van der Waals surface area (Å²) in [6.07, 6.45) is 1.53. The van der Waals surface area contributed by atoms with Crippen molar-refractivity contribution in [1.82, 2.24) is 4.90 Å². The molecule has 1 aliphatic rings. The Balaban J connectivity index is 1.83. The van der Waals surface area contributed by atoms with Crippen LogP contribution in [0.5, 0.6) is 11.5 Å². The molecule has 1 saturated heterocycles. The number of ketones is 1. The lowest BCUT2D eigenvalue weighted by Crippen LogP contribution is -2.33. The molecular weight excluding hydrogens is 446 g/mol. The lowest BCUT2D eigenvalue weighted by molar-refractivity contribution is -0.122. The monoisotopic (exact) mass is 461 g/mol. The highest BCUT2D eigenvalue weighted by Gasteiger charge is 2.36. The highest BCUT2D eigenvalue weighted by molar-refractivity contribution is 9.10. The maximum atomic E-state index is 12.6. The Kier molecular flexibility index (Phi) is 6.21. The van der Waals surface area contributed by atoms with Crippen LogP contribution in [-0.4, -0.2) is 40.1 Å². The van der Waals surface area contributed by atoms with Gasteiger partial charge < -0.3 is 9.84 Å². The van der Waals surface area contributed by atoms with Crippen molar-refractivity contribution in [2.75, 3.05) is 13.2 Å². The molecule has 0 atom stereocenters. The van der Waals surface area contributed by atoms with Crippen LogP contribution in [0.25, 0.3) is 6.08 Å². The highest BCUT2D eigenvalue weighted by atomic mass is 79.9. The molecule has 1 aliphatic heterocycles. The van der Waals surface area contributed by atoms with Gasteiger partial charge in [0.2, 0.25) is 0 Å². The Morgan fingerprint density at radius 2 is 1.96 bits per heavy atom. The number of hydrogen-bond acceptors (Lipinski definition) is 6. The molecule has 2 aromatic rings. The summed E-state index contributed by atoms with van der Waals surface area (Å²) in [5.41, 5.74) is 1.01. The van der Waals surface area contributed by atoms with Gasteiger partial charge in [0.1, 0.15) is 0 Å². The van der Waals surface area contributed by atoms with E-state index in [0.29, 0.717) is 22.2 Å². The standard InChI is InChI=1S/C20H16BrNO5S/c1-2-27-17-8-13(14(21)10-15(17)23)9-18-19(25)22(20(26)28-18)11-16(24)12-6-4-3-5-7-12/h3-10,23H,2,11H2,1H3/b18-9-. The fourth-order valence-corrected chi connectivity index (χ4v) is 3.85. The Labute approximate surface area is 174 Å². The molecule has 1 fully saturated rings. The van der Waals surface area contributed by atoms with E-state index < -0.39 is 11.1 Å². The lowest BCUT2D eigenvalue weighted by atomic mass is 10.1. The van der Waals surface area contributed by atoms with Crippen molar-refractivity contribution in [3.05, 3.63) is 63.0 Å². The number of hydrogen-bond donors (Lipinski definition) is 1. The first-order chi connectivity index (χ1) is 13.4. The topological polar surface area (TPSA) is 83.9 Å². The second-order valence-corrected chi connectivity index (χ2v) is 7.68. The summed E-state index contributed by atoms with van der Waals surface area (Å²) in [7, 11) is 0. The van der Waals surface area contributed by atoms with Crippen molar-refractivity contribution < 1.29 is 24.2 Å². The van der Waals surface area contributed by atoms with Crippen LogP contribution in [0.3, 0.4) is 0 Å². The number of imide groups is 1. The fraction of sp³-hybridized carbons (Fsp3) is 0.150. The maximum absolute atomic E-state index is 12.6. The van der Waals surface area contributed by atoms with E-state index in [4.69, 9.17) is 4.74 Å². The molecule has 0 unspecified atom stereocenters. The summed E-state index contributed by atoms with van der Waals surface area (Å²) in [6.45, 7) is 1.84. The number of amides is 2. The van der Waals surface area contributed by atoms with E-state index in [1.54, 1.807) is 43.3 Å². The minimum atomic E-state index is -0.530. The van der Waals surface area contributed by atoms with Crippen LogP contribution in [0.15, 0.2) is 51.8 Å². The third-order valence-electron chi connectivity index (χ3n) is 3.94. The van der Waals surface area contributed by atoms with Crippen LogP contribution in [0, 0.1) is 0 Å². The molecule has 144 valence electrons. The van der Waals surface area contributed by atoms with Crippen molar-refractivity contribution in [2.45, 2.75) is 6.92 Å². The largest absolute Gasteiger partial charge is 0.504 e. The van der Waals surface area contributed by atoms with E-state index in [-0.39, 0.29) is 28.7 Å². The molecular formula is C20H16BrNO5S. The minimum Gasteiger partial charge on any atom is -0.504 e. The van der Waals surface area contributed by atoms with Crippen LogP contribution in [0.2, 0.25) is 0 Å². The van der Waals surface area contributed by atoms with E-state index >= 15 is 0 Å². The van der Waals surface area contributed by atoms with Gasteiger partial charge in [0.05, 0.1) is 18.1 Å². The Morgan fingerprint density at radius 1 is 1.25 bits per heavy atom. The third-order valence-corrected chi connectivity index (χ3v) is 5.53. The number of rotatable bonds is 6. The number of phenols is 1. The first-order valence-electron chi connectivity index (χ1n) is 8.39. The van der Waals surface area contributed by atoms with E-state index in [9.17, 15) is 19.5 Å². The average Bonchev–Trinajstić information content (AvgIpc) is 2.93. The molecule has 0 aromatic heterocycles. The normalized spacial score (nSPS) is 15.4. The summed E-state index contributed by atoms with van der Waals surface area (Å²) in [4.78, 5) is 38.4. The zero-order valence-corrected chi connectivity index (χ0v) is 17.2. The third kappa shape index (κ3) is 4.28. The molecule has 0 aliphatic carbocycles. The number of aromatic hydroxyl groups is 1. The first-order valence-corrected chi connectivity index (χ1v) is 10.0. The molecule has 0 radical (unpaired) electrons. The van der Waals surface area contributed by atoms with Gasteiger partial charge in [0.25, 0.3) is 11.1 Å². The van der Waals surface area contributed by atoms with Gasteiger partial charge in [0.15, 0.2) is 17.3 Å². The quantitative estimate of drug-likeness (QED) is 0.504. The second-order valence-electron chi connectivity index (χ2n) is 5.83. The summed E-state index contributed by atoms with van der Waals surface area (Å²) >= 11 is 4.10. The number of thioether (sulfide) groups is 1. The van der Waals surface area contributed by atoms with Crippen molar-refractivity contribution in [1.29, 1.82) is 0 Å². The van der Waals surface area contributed by atoms with Crippen molar-refractivity contribution >= 4 is 50.7 Å². The van der Waals surface area contributed by atoms with Gasteiger partial charge >= 0.3 is 0 Å². The molecule has 3 rings (SSSR count). The van der Waals surface area contributed by atoms with Gasteiger partial charge in [-0.25, -0.2) is 0 Å². The number of nitrogens with zero attached hydrogens (tertiary/aromatic N) is 1. The average molecular weight is 462 g/mol. The van der Waals surface area contributed by atoms with Gasteiger partial charge in [0, 0.05) is 10.0 Å². The number of benzene rings is 2. The van der Waals surface area contributed by atoms with Crippen molar-refractivity contribution in [3.8, 4) is 11.5 Å². The van der Waals surface area contributed by atoms with Crippen molar-refractivity contribution in [3.63, 3.8) is 0 Å². The van der Waals surface area contributed by atoms with Gasteiger partial charge in [-0.2, -0.15) is 0 Å². The number of halogens is 1. The fourth-order valence-electron chi connectivity index (χ4n) is 2.58. The van der Waals surface area contributed by atoms with E-state index in [1.807, 2.05) is 0 Å². The maximum Gasteiger partial charge on any atom is 0.293 e. The number of carbonyl (C=O) groups excluding carboxylic acids is 3. The summed E-state index contributed by atoms with van der Waals surface area (Å²) < 4.78 is 5.90. The Hall–Kier alpha value is -2.58. The molecule has 28 heavy (non-hydrogen) atoms. The van der Waals surface area contributed by atoms with Gasteiger partial charge in [-0.1, -0.05) is 46.3 Å². The van der Waals surface area contributed by atoms with Crippen molar-refractivity contribution in [2.24, 2.45) is 0 Å². The predicted molar refractivity (Wildman–Crippen MR) is 110 cm³/mol. The predicted octanol–water partition coefficient (Wildman–Crippen LogP) is 4.47. The molecule has 8 heteroatoms. The SMILES string of the molecule is CCOc1cc(/C=C2\SC(=O)N(CC(=O)c3ccccc3)C2=O)c(Br)cc1O. The zero-order chi connectivity index (χ0) is 20.3. The summed E-state index contributed by atoms with van der Waals surface area (Å²) in [5.74, 6) is -0.603. The number of ether oxygens (including phenoxy) is 1. The molecule has 0 saturated carbocycles. The first kappa shape index (κ1) is 20.2. The molecule has 0 spiro atoms. The second kappa shape index (κ2) is 8.62. The molecule has 2 aromatic carbocycles. The minimum absolute atomic E-state index is 0.0348. The number of carbonyl (C=O) groups is 3. The molecule has 6 nitrogen and oxygen atoms in total. The van der Waals surface area contributed by atoms with Crippen LogP contribution in [0.1, 0.15) is 22.8 Å². The smallest absolute Gasteiger partial charge is 0.293 e. The lowest BCUT2D eigenvalue weighted by Gasteiger charge is -2.11. The van der Waals surface area contributed by atoms with E-state index in [2.05, 4.69) is 15.9 Å². The van der Waals surface area contributed by atoms with E-state index in [1.165, 1.54) is 12.1 Å². The van der Waals surface area contributed by atoms with Crippen LogP contribution >= 0.6 is 27.7 Å².